The maximum atomic E-state index is 5.12. The van der Waals surface area contributed by atoms with E-state index < -0.39 is 0 Å². The monoisotopic (exact) mass is 289 g/mol. The molecule has 2 rings (SSSR count). The highest BCUT2D eigenvalue weighted by Gasteiger charge is 2.00. The van der Waals surface area contributed by atoms with Crippen LogP contribution in [-0.4, -0.2) is 16.6 Å². The lowest BCUT2D eigenvalue weighted by atomic mass is 10.4. The molecule has 0 aliphatic rings. The Morgan fingerprint density at radius 1 is 1.21 bits per heavy atom. The molecule has 0 spiro atoms. The third-order valence-electron chi connectivity index (χ3n) is 2.30. The first kappa shape index (κ1) is 13.8. The van der Waals surface area contributed by atoms with E-state index in [1.807, 2.05) is 37.3 Å². The van der Waals surface area contributed by atoms with Crippen molar-refractivity contribution >= 4 is 34.8 Å². The molecule has 0 saturated heterocycles. The van der Waals surface area contributed by atoms with Crippen molar-refractivity contribution in [3.05, 3.63) is 48.7 Å². The lowest BCUT2D eigenvalue weighted by Gasteiger charge is -2.08. The van der Waals surface area contributed by atoms with Gasteiger partial charge in [0.15, 0.2) is 5.11 Å². The van der Waals surface area contributed by atoms with E-state index in [0.717, 1.165) is 17.3 Å². The molecule has 0 bridgehead atoms. The van der Waals surface area contributed by atoms with Crippen LogP contribution < -0.4 is 10.6 Å². The van der Waals surface area contributed by atoms with Crippen molar-refractivity contribution in [2.45, 2.75) is 16.8 Å². The molecule has 0 saturated carbocycles. The smallest absolute Gasteiger partial charge is 0.170 e. The fraction of sp³-hybridized carbons (Fsp3) is 0.143. The second-order valence-corrected chi connectivity index (χ2v) is 5.29. The summed E-state index contributed by atoms with van der Waals surface area (Å²) in [5.41, 5.74) is 0.892. The molecule has 0 unspecified atom stereocenters. The number of nitrogens with zero attached hydrogens (tertiary/aromatic N) is 1. The van der Waals surface area contributed by atoms with Gasteiger partial charge in [0.25, 0.3) is 0 Å². The average molecular weight is 289 g/mol. The number of thiocarbonyl (C=S) groups is 1. The first-order valence-electron chi connectivity index (χ1n) is 6.01. The van der Waals surface area contributed by atoms with Crippen LogP contribution >= 0.6 is 24.0 Å². The van der Waals surface area contributed by atoms with Crippen LogP contribution in [0.15, 0.2) is 58.6 Å². The molecule has 98 valence electrons. The van der Waals surface area contributed by atoms with Crippen molar-refractivity contribution in [2.75, 3.05) is 11.9 Å². The van der Waals surface area contributed by atoms with Crippen molar-refractivity contribution in [2.24, 2.45) is 0 Å². The minimum atomic E-state index is 0.618. The Labute approximate surface area is 122 Å². The summed E-state index contributed by atoms with van der Waals surface area (Å²) in [5.74, 6) is 0. The number of benzene rings is 1. The fourth-order valence-electron chi connectivity index (χ4n) is 1.46. The number of rotatable bonds is 4. The van der Waals surface area contributed by atoms with Crippen molar-refractivity contribution < 1.29 is 0 Å². The molecule has 1 heterocycles. The van der Waals surface area contributed by atoms with Gasteiger partial charge in [-0.2, -0.15) is 0 Å². The lowest BCUT2D eigenvalue weighted by molar-refractivity contribution is 0.979. The van der Waals surface area contributed by atoms with Gasteiger partial charge in [-0.15, -0.1) is 0 Å². The van der Waals surface area contributed by atoms with Crippen LogP contribution in [0.25, 0.3) is 0 Å². The maximum absolute atomic E-state index is 5.12. The number of pyridine rings is 1. The second-order valence-electron chi connectivity index (χ2n) is 3.78. The van der Waals surface area contributed by atoms with Crippen LogP contribution in [0.1, 0.15) is 6.92 Å². The first-order chi connectivity index (χ1) is 9.28. The Balaban J connectivity index is 1.97. The van der Waals surface area contributed by atoms with E-state index in [0.29, 0.717) is 5.11 Å². The minimum Gasteiger partial charge on any atom is -0.363 e. The van der Waals surface area contributed by atoms with Gasteiger partial charge in [0.1, 0.15) is 5.03 Å². The Bertz CT molecular complexity index is 526. The molecule has 0 atom stereocenters. The highest BCUT2D eigenvalue weighted by molar-refractivity contribution is 7.99. The van der Waals surface area contributed by atoms with Crippen LogP contribution in [0.4, 0.5) is 5.69 Å². The highest BCUT2D eigenvalue weighted by atomic mass is 32.2. The van der Waals surface area contributed by atoms with Gasteiger partial charge in [-0.1, -0.05) is 30.0 Å². The molecule has 5 heteroatoms. The largest absolute Gasteiger partial charge is 0.363 e. The normalized spacial score (nSPS) is 9.95. The van der Waals surface area contributed by atoms with E-state index in [1.165, 1.54) is 4.90 Å². The van der Waals surface area contributed by atoms with E-state index in [4.69, 9.17) is 12.2 Å². The van der Waals surface area contributed by atoms with Gasteiger partial charge >= 0.3 is 0 Å². The number of nitrogens with one attached hydrogen (secondary N) is 2. The van der Waals surface area contributed by atoms with E-state index >= 15 is 0 Å². The summed E-state index contributed by atoms with van der Waals surface area (Å²) in [7, 11) is 0. The van der Waals surface area contributed by atoms with Crippen LogP contribution in [0.2, 0.25) is 0 Å². The van der Waals surface area contributed by atoms with Crippen LogP contribution in [0, 0.1) is 0 Å². The molecule has 3 nitrogen and oxygen atoms in total. The van der Waals surface area contributed by atoms with E-state index in [-0.39, 0.29) is 0 Å². The summed E-state index contributed by atoms with van der Waals surface area (Å²) in [6.07, 6.45) is 1.79. The molecular weight excluding hydrogens is 274 g/mol. The predicted octanol–water partition coefficient (Wildman–Crippen LogP) is 3.54. The standard InChI is InChI=1S/C14H15N3S2/c1-2-15-14(18)17-11-8-9-13(16-10-11)19-12-6-4-3-5-7-12/h3-10H,2H2,1H3,(H2,15,17,18). The van der Waals surface area contributed by atoms with Crippen molar-refractivity contribution in [3.8, 4) is 0 Å². The Morgan fingerprint density at radius 2 is 2.00 bits per heavy atom. The molecule has 1 aromatic heterocycles. The zero-order valence-electron chi connectivity index (χ0n) is 10.6. The second kappa shape index (κ2) is 7.11. The van der Waals surface area contributed by atoms with E-state index in [9.17, 15) is 0 Å². The summed E-state index contributed by atoms with van der Waals surface area (Å²) < 4.78 is 0. The van der Waals surface area contributed by atoms with E-state index in [2.05, 4.69) is 27.8 Å². The van der Waals surface area contributed by atoms with Crippen molar-refractivity contribution in [1.82, 2.24) is 10.3 Å². The summed E-state index contributed by atoms with van der Waals surface area (Å²) in [6.45, 7) is 2.81. The minimum absolute atomic E-state index is 0.618. The summed E-state index contributed by atoms with van der Waals surface area (Å²) in [4.78, 5) is 5.58. The van der Waals surface area contributed by atoms with Crippen molar-refractivity contribution in [3.63, 3.8) is 0 Å². The zero-order valence-corrected chi connectivity index (χ0v) is 12.2. The average Bonchev–Trinajstić information content (AvgIpc) is 2.42. The first-order valence-corrected chi connectivity index (χ1v) is 7.24. The molecule has 0 amide bonds. The Hall–Kier alpha value is -1.59. The third-order valence-corrected chi connectivity index (χ3v) is 3.50. The maximum Gasteiger partial charge on any atom is 0.170 e. The summed E-state index contributed by atoms with van der Waals surface area (Å²) in [6, 6.07) is 14.1. The van der Waals surface area contributed by atoms with Gasteiger partial charge in [-0.05, 0) is 43.4 Å². The number of anilines is 1. The van der Waals surface area contributed by atoms with Gasteiger partial charge in [-0.3, -0.25) is 0 Å². The quantitative estimate of drug-likeness (QED) is 0.842. The van der Waals surface area contributed by atoms with E-state index in [1.54, 1.807) is 18.0 Å². The van der Waals surface area contributed by atoms with Crippen LogP contribution in [-0.2, 0) is 0 Å². The number of hydrogen-bond acceptors (Lipinski definition) is 3. The van der Waals surface area contributed by atoms with Crippen LogP contribution in [0.3, 0.4) is 0 Å². The molecule has 0 aliphatic carbocycles. The molecule has 2 N–H and O–H groups in total. The molecule has 0 aliphatic heterocycles. The van der Waals surface area contributed by atoms with Crippen LogP contribution in [0.5, 0.6) is 0 Å². The van der Waals surface area contributed by atoms with Gasteiger partial charge in [0.2, 0.25) is 0 Å². The predicted molar refractivity (Wildman–Crippen MR) is 84.7 cm³/mol. The number of hydrogen-bond donors (Lipinski definition) is 2. The number of aromatic nitrogens is 1. The highest BCUT2D eigenvalue weighted by Crippen LogP contribution is 2.25. The Morgan fingerprint density at radius 3 is 2.63 bits per heavy atom. The SMILES string of the molecule is CCNC(=S)Nc1ccc(Sc2ccccc2)nc1. The third kappa shape index (κ3) is 4.54. The Kier molecular flexibility index (Phi) is 5.18. The molecule has 0 fully saturated rings. The zero-order chi connectivity index (χ0) is 13.5. The molecular formula is C14H15N3S2. The van der Waals surface area contributed by atoms with Crippen molar-refractivity contribution in [1.29, 1.82) is 0 Å². The summed E-state index contributed by atoms with van der Waals surface area (Å²) >= 11 is 6.76. The molecule has 0 radical (unpaired) electrons. The topological polar surface area (TPSA) is 37.0 Å². The molecule has 19 heavy (non-hydrogen) atoms. The molecule has 1 aromatic carbocycles. The molecule has 2 aromatic rings. The van der Waals surface area contributed by atoms with Gasteiger partial charge in [0.05, 0.1) is 11.9 Å². The van der Waals surface area contributed by atoms with Gasteiger partial charge in [0, 0.05) is 11.4 Å². The van der Waals surface area contributed by atoms with Gasteiger partial charge in [-0.25, -0.2) is 4.98 Å². The summed E-state index contributed by atoms with van der Waals surface area (Å²) in [5, 5.41) is 7.70. The van der Waals surface area contributed by atoms with Gasteiger partial charge < -0.3 is 10.6 Å². The fourth-order valence-corrected chi connectivity index (χ4v) is 2.50. The lowest BCUT2D eigenvalue weighted by Crippen LogP contribution is -2.27.